The lowest BCUT2D eigenvalue weighted by Crippen LogP contribution is -2.51. The second-order valence-corrected chi connectivity index (χ2v) is 11.0. The fourth-order valence-corrected chi connectivity index (χ4v) is 8.22. The molecule has 28 heavy (non-hydrogen) atoms. The van der Waals surface area contributed by atoms with E-state index < -0.39 is 5.60 Å². The van der Waals surface area contributed by atoms with Gasteiger partial charge in [-0.15, -0.1) is 0 Å². The minimum atomic E-state index is -0.439. The van der Waals surface area contributed by atoms with Gasteiger partial charge in [-0.1, -0.05) is 6.92 Å². The van der Waals surface area contributed by atoms with E-state index in [1.165, 1.54) is 38.5 Å². The summed E-state index contributed by atoms with van der Waals surface area (Å²) in [5, 5.41) is 10.6. The molecule has 1 N–H and O–H groups in total. The predicted molar refractivity (Wildman–Crippen MR) is 110 cm³/mol. The number of pyridine rings is 1. The first-order valence-corrected chi connectivity index (χ1v) is 11.6. The molecule has 0 unspecified atom stereocenters. The van der Waals surface area contributed by atoms with Gasteiger partial charge in [-0.2, -0.15) is 0 Å². The van der Waals surface area contributed by atoms with Crippen molar-refractivity contribution in [3.63, 3.8) is 0 Å². The van der Waals surface area contributed by atoms with E-state index in [1.54, 1.807) is 12.4 Å². The van der Waals surface area contributed by atoms with Gasteiger partial charge < -0.3 is 5.11 Å². The maximum absolute atomic E-state index is 13.3. The molecule has 3 heteroatoms. The zero-order valence-corrected chi connectivity index (χ0v) is 17.4. The van der Waals surface area contributed by atoms with Crippen LogP contribution in [0, 0.1) is 40.9 Å². The Balaban J connectivity index is 1.37. The van der Waals surface area contributed by atoms with Crippen LogP contribution in [0.1, 0.15) is 82.0 Å². The van der Waals surface area contributed by atoms with Crippen LogP contribution < -0.4 is 0 Å². The summed E-state index contributed by atoms with van der Waals surface area (Å²) < 4.78 is 0. The van der Waals surface area contributed by atoms with Crippen molar-refractivity contribution in [2.45, 2.75) is 77.2 Å². The minimum absolute atomic E-state index is 0.168. The average Bonchev–Trinajstić information content (AvgIpc) is 3.04. The Labute approximate surface area is 169 Å². The molecule has 1 aromatic heterocycles. The summed E-state index contributed by atoms with van der Waals surface area (Å²) in [4.78, 5) is 17.5. The highest BCUT2D eigenvalue weighted by Gasteiger charge is 2.58. The molecule has 3 nitrogen and oxygen atoms in total. The first-order valence-electron chi connectivity index (χ1n) is 11.6. The van der Waals surface area contributed by atoms with Crippen molar-refractivity contribution in [3.05, 3.63) is 30.1 Å². The molecule has 1 heterocycles. The van der Waals surface area contributed by atoms with Crippen LogP contribution in [0.15, 0.2) is 24.5 Å². The van der Waals surface area contributed by atoms with Crippen LogP contribution in [0.4, 0.5) is 0 Å². The Hall–Kier alpha value is -1.22. The van der Waals surface area contributed by atoms with Gasteiger partial charge in [0.25, 0.3) is 0 Å². The summed E-state index contributed by atoms with van der Waals surface area (Å²) in [7, 11) is 0. The summed E-state index contributed by atoms with van der Waals surface area (Å²) >= 11 is 0. The van der Waals surface area contributed by atoms with E-state index in [9.17, 15) is 9.90 Å². The van der Waals surface area contributed by atoms with Gasteiger partial charge in [0.15, 0.2) is 5.78 Å². The molecule has 0 amide bonds. The van der Waals surface area contributed by atoms with Crippen LogP contribution in [0.25, 0.3) is 0 Å². The zero-order valence-electron chi connectivity index (χ0n) is 17.4. The van der Waals surface area contributed by atoms with Crippen molar-refractivity contribution in [1.29, 1.82) is 0 Å². The van der Waals surface area contributed by atoms with Gasteiger partial charge in [-0.25, -0.2) is 0 Å². The zero-order chi connectivity index (χ0) is 19.5. The molecule has 0 aliphatic heterocycles. The molecule has 0 radical (unpaired) electrons. The Morgan fingerprint density at radius 3 is 2.64 bits per heavy atom. The number of rotatable bonds is 2. The quantitative estimate of drug-likeness (QED) is 0.709. The molecule has 4 aliphatic rings. The van der Waals surface area contributed by atoms with Gasteiger partial charge in [-0.05, 0) is 112 Å². The molecule has 4 aliphatic carbocycles. The number of fused-ring (bicyclic) bond motifs is 5. The first kappa shape index (κ1) is 18.8. The summed E-state index contributed by atoms with van der Waals surface area (Å²) in [6.45, 7) is 4.47. The molecule has 0 spiro atoms. The Morgan fingerprint density at radius 1 is 1.04 bits per heavy atom. The fourth-order valence-electron chi connectivity index (χ4n) is 8.22. The van der Waals surface area contributed by atoms with Crippen molar-refractivity contribution in [2.75, 3.05) is 0 Å². The molecule has 152 valence electrons. The van der Waals surface area contributed by atoms with Crippen molar-refractivity contribution >= 4 is 5.78 Å². The summed E-state index contributed by atoms with van der Waals surface area (Å²) in [6.07, 6.45) is 14.1. The number of nitrogens with zero attached hydrogens (tertiary/aromatic N) is 1. The van der Waals surface area contributed by atoms with Crippen LogP contribution in [-0.4, -0.2) is 21.5 Å². The van der Waals surface area contributed by atoms with E-state index in [0.717, 1.165) is 48.5 Å². The van der Waals surface area contributed by atoms with Gasteiger partial charge in [-0.3, -0.25) is 9.78 Å². The Morgan fingerprint density at radius 2 is 1.86 bits per heavy atom. The van der Waals surface area contributed by atoms with Crippen molar-refractivity contribution < 1.29 is 9.90 Å². The van der Waals surface area contributed by atoms with Crippen molar-refractivity contribution in [2.24, 2.45) is 40.9 Å². The molecule has 5 rings (SSSR count). The number of hydrogen-bond donors (Lipinski definition) is 1. The van der Waals surface area contributed by atoms with Crippen LogP contribution in [0.5, 0.6) is 0 Å². The number of carbonyl (C=O) groups excluding carboxylic acids is 1. The highest BCUT2D eigenvalue weighted by atomic mass is 16.3. The number of aromatic nitrogens is 1. The second kappa shape index (κ2) is 6.65. The van der Waals surface area contributed by atoms with Gasteiger partial charge in [0.2, 0.25) is 0 Å². The molecule has 0 saturated heterocycles. The molecule has 8 atom stereocenters. The number of carbonyl (C=O) groups is 1. The maximum Gasteiger partial charge on any atom is 0.168 e. The van der Waals surface area contributed by atoms with Crippen LogP contribution in [0.2, 0.25) is 0 Å². The topological polar surface area (TPSA) is 50.2 Å². The predicted octanol–water partition coefficient (Wildman–Crippen LogP) is 5.28. The van der Waals surface area contributed by atoms with Crippen molar-refractivity contribution in [1.82, 2.24) is 4.98 Å². The highest BCUT2D eigenvalue weighted by molar-refractivity contribution is 5.98. The summed E-state index contributed by atoms with van der Waals surface area (Å²) in [5.74, 6) is 4.39. The second-order valence-electron chi connectivity index (χ2n) is 11.0. The van der Waals surface area contributed by atoms with Crippen molar-refractivity contribution in [3.8, 4) is 0 Å². The van der Waals surface area contributed by atoms with E-state index in [1.807, 2.05) is 19.1 Å². The standard InChI is InChI=1S/C25H35NO2/c1-24(28)11-9-18-16(14-24)5-6-20-19(18)10-12-25(2)21(20)7-8-22(25)23(27)17-4-3-13-26-15-17/h3-4,13,15-16,18-22,28H,5-12,14H2,1-2H3/t16-,18-,19+,20+,21-,22+,24+,25-/m0/s1. The lowest BCUT2D eigenvalue weighted by atomic mass is 9.49. The Kier molecular flexibility index (Phi) is 4.46. The third-order valence-electron chi connectivity index (χ3n) is 9.50. The molecule has 1 aromatic rings. The number of ketones is 1. The van der Waals surface area contributed by atoms with E-state index >= 15 is 0 Å². The van der Waals surface area contributed by atoms with Gasteiger partial charge in [0, 0.05) is 23.9 Å². The van der Waals surface area contributed by atoms with E-state index in [2.05, 4.69) is 11.9 Å². The largest absolute Gasteiger partial charge is 0.390 e. The monoisotopic (exact) mass is 381 g/mol. The Bertz CT molecular complexity index is 744. The van der Waals surface area contributed by atoms with Crippen LogP contribution in [0.3, 0.4) is 0 Å². The first-order chi connectivity index (χ1) is 13.4. The molecule has 0 bridgehead atoms. The third kappa shape index (κ3) is 2.88. The lowest BCUT2D eigenvalue weighted by Gasteiger charge is -2.56. The SMILES string of the molecule is C[C@@]1(O)CC[C@H]2[C@@H](CC[C@@H]3[C@@H]2CC[C@]2(C)[C@@H](C(=O)c4cccnc4)CC[C@@H]32)C1. The fraction of sp³-hybridized carbons (Fsp3) is 0.760. The maximum atomic E-state index is 13.3. The minimum Gasteiger partial charge on any atom is -0.390 e. The number of aliphatic hydroxyl groups is 1. The number of hydrogen-bond acceptors (Lipinski definition) is 3. The molecule has 0 aromatic carbocycles. The lowest BCUT2D eigenvalue weighted by molar-refractivity contribution is -0.0976. The van der Waals surface area contributed by atoms with E-state index in [4.69, 9.17) is 0 Å². The smallest absolute Gasteiger partial charge is 0.168 e. The van der Waals surface area contributed by atoms with Gasteiger partial charge in [0.05, 0.1) is 5.60 Å². The summed E-state index contributed by atoms with van der Waals surface area (Å²) in [6, 6.07) is 3.83. The average molecular weight is 382 g/mol. The number of Topliss-reactive ketones (excluding diaryl/α,β-unsaturated/α-hetero) is 1. The normalized spacial score (nSPS) is 47.7. The van der Waals surface area contributed by atoms with Crippen LogP contribution >= 0.6 is 0 Å². The summed E-state index contributed by atoms with van der Waals surface area (Å²) in [5.41, 5.74) is 0.530. The highest BCUT2D eigenvalue weighted by Crippen LogP contribution is 2.64. The molecule has 4 saturated carbocycles. The van der Waals surface area contributed by atoms with Gasteiger partial charge in [0.1, 0.15) is 0 Å². The van der Waals surface area contributed by atoms with Gasteiger partial charge >= 0.3 is 0 Å². The van der Waals surface area contributed by atoms with E-state index in [-0.39, 0.29) is 11.3 Å². The van der Waals surface area contributed by atoms with Crippen LogP contribution in [-0.2, 0) is 0 Å². The molecule has 4 fully saturated rings. The molecular weight excluding hydrogens is 346 g/mol. The molecular formula is C25H35NO2. The third-order valence-corrected chi connectivity index (χ3v) is 9.50. The van der Waals surface area contributed by atoms with E-state index in [0.29, 0.717) is 11.7 Å².